The number of methoxy groups -OCH3 is 2. The molecule has 118 valence electrons. The summed E-state index contributed by atoms with van der Waals surface area (Å²) in [6.45, 7) is 4.17. The van der Waals surface area contributed by atoms with Gasteiger partial charge in [0.05, 0.1) is 19.3 Å². The first-order valence-corrected chi connectivity index (χ1v) is 8.02. The molecule has 0 aromatic heterocycles. The first-order chi connectivity index (χ1) is 10.1. The van der Waals surface area contributed by atoms with Crippen molar-refractivity contribution < 1.29 is 9.47 Å². The topological polar surface area (TPSA) is 44.5 Å². The molecule has 3 nitrogen and oxygen atoms in total. The Morgan fingerprint density at radius 3 is 2.29 bits per heavy atom. The van der Waals surface area contributed by atoms with Crippen LogP contribution in [-0.4, -0.2) is 20.3 Å². The molecule has 2 N–H and O–H groups in total. The number of hydrogen-bond acceptors (Lipinski definition) is 3. The second kappa shape index (κ2) is 7.28. The van der Waals surface area contributed by atoms with Gasteiger partial charge in [0.25, 0.3) is 0 Å². The molecule has 0 radical (unpaired) electrons. The van der Waals surface area contributed by atoms with Crippen molar-refractivity contribution in [2.75, 3.05) is 14.2 Å². The Balaban J connectivity index is 2.24. The van der Waals surface area contributed by atoms with E-state index < -0.39 is 0 Å². The van der Waals surface area contributed by atoms with Crippen LogP contribution in [0.2, 0.25) is 0 Å². The van der Waals surface area contributed by atoms with Crippen LogP contribution in [0.1, 0.15) is 54.8 Å². The van der Waals surface area contributed by atoms with Crippen molar-refractivity contribution in [1.82, 2.24) is 0 Å². The van der Waals surface area contributed by atoms with Gasteiger partial charge in [0.2, 0.25) is 0 Å². The molecule has 1 aromatic rings. The van der Waals surface area contributed by atoms with Gasteiger partial charge in [-0.2, -0.15) is 0 Å². The standard InChI is InChI=1S/C18H29NO2/c1-12-11-16(20-3)13(2)10-15(12)17(19)18(21-4)14-8-6-5-7-9-14/h10-11,14,17-18H,5-9,19H2,1-4H3. The van der Waals surface area contributed by atoms with Gasteiger partial charge in [-0.25, -0.2) is 0 Å². The van der Waals surface area contributed by atoms with Gasteiger partial charge in [0, 0.05) is 7.11 Å². The zero-order valence-corrected chi connectivity index (χ0v) is 13.8. The third-order valence-electron chi connectivity index (χ3n) is 4.88. The maximum Gasteiger partial charge on any atom is 0.122 e. The summed E-state index contributed by atoms with van der Waals surface area (Å²) >= 11 is 0. The van der Waals surface area contributed by atoms with Crippen LogP contribution in [0.5, 0.6) is 5.75 Å². The van der Waals surface area contributed by atoms with Crippen molar-refractivity contribution in [2.24, 2.45) is 11.7 Å². The van der Waals surface area contributed by atoms with Gasteiger partial charge in [-0.15, -0.1) is 0 Å². The molecular formula is C18H29NO2. The van der Waals surface area contributed by atoms with Crippen LogP contribution >= 0.6 is 0 Å². The largest absolute Gasteiger partial charge is 0.496 e. The first kappa shape index (κ1) is 16.3. The SMILES string of the molecule is COc1cc(C)c(C(N)C(OC)C2CCCCC2)cc1C. The molecule has 1 fully saturated rings. The molecule has 2 rings (SSSR count). The molecule has 1 aromatic carbocycles. The molecule has 3 heteroatoms. The van der Waals surface area contributed by atoms with E-state index >= 15 is 0 Å². The van der Waals surface area contributed by atoms with Gasteiger partial charge >= 0.3 is 0 Å². The van der Waals surface area contributed by atoms with E-state index in [-0.39, 0.29) is 12.1 Å². The molecule has 2 unspecified atom stereocenters. The maximum atomic E-state index is 6.58. The zero-order chi connectivity index (χ0) is 15.4. The van der Waals surface area contributed by atoms with Crippen LogP contribution in [0.3, 0.4) is 0 Å². The summed E-state index contributed by atoms with van der Waals surface area (Å²) in [5.41, 5.74) is 10.1. The Kier molecular flexibility index (Phi) is 5.65. The number of ether oxygens (including phenoxy) is 2. The highest BCUT2D eigenvalue weighted by Crippen LogP contribution is 2.35. The number of aryl methyl sites for hydroxylation is 2. The fourth-order valence-corrected chi connectivity index (χ4v) is 3.66. The summed E-state index contributed by atoms with van der Waals surface area (Å²) in [5.74, 6) is 1.51. The fourth-order valence-electron chi connectivity index (χ4n) is 3.66. The summed E-state index contributed by atoms with van der Waals surface area (Å²) in [4.78, 5) is 0. The molecule has 1 saturated carbocycles. The minimum atomic E-state index is -0.0669. The minimum absolute atomic E-state index is 0.0669. The minimum Gasteiger partial charge on any atom is -0.496 e. The monoisotopic (exact) mass is 291 g/mol. The van der Waals surface area contributed by atoms with E-state index in [4.69, 9.17) is 15.2 Å². The van der Waals surface area contributed by atoms with E-state index in [1.54, 1.807) is 14.2 Å². The molecular weight excluding hydrogens is 262 g/mol. The van der Waals surface area contributed by atoms with Crippen molar-refractivity contribution in [3.8, 4) is 5.75 Å². The number of rotatable bonds is 5. The highest BCUT2D eigenvalue weighted by atomic mass is 16.5. The summed E-state index contributed by atoms with van der Waals surface area (Å²) in [6, 6.07) is 4.17. The second-order valence-corrected chi connectivity index (χ2v) is 6.30. The molecule has 1 aliphatic carbocycles. The van der Waals surface area contributed by atoms with Crippen LogP contribution in [-0.2, 0) is 4.74 Å². The Morgan fingerprint density at radius 2 is 1.71 bits per heavy atom. The number of benzene rings is 1. The Labute approximate surface area is 128 Å². The lowest BCUT2D eigenvalue weighted by molar-refractivity contribution is 0.0171. The highest BCUT2D eigenvalue weighted by molar-refractivity contribution is 5.43. The summed E-state index contributed by atoms with van der Waals surface area (Å²) < 4.78 is 11.2. The third kappa shape index (κ3) is 3.58. The lowest BCUT2D eigenvalue weighted by atomic mass is 9.80. The molecule has 2 atom stereocenters. The van der Waals surface area contributed by atoms with Gasteiger partial charge < -0.3 is 15.2 Å². The van der Waals surface area contributed by atoms with E-state index in [1.807, 2.05) is 0 Å². The molecule has 1 aliphatic rings. The van der Waals surface area contributed by atoms with Gasteiger partial charge in [-0.3, -0.25) is 0 Å². The molecule has 0 bridgehead atoms. The number of hydrogen-bond donors (Lipinski definition) is 1. The fraction of sp³-hybridized carbons (Fsp3) is 0.667. The predicted molar refractivity (Wildman–Crippen MR) is 86.8 cm³/mol. The van der Waals surface area contributed by atoms with Crippen molar-refractivity contribution in [3.63, 3.8) is 0 Å². The molecule has 0 heterocycles. The second-order valence-electron chi connectivity index (χ2n) is 6.30. The molecule has 0 amide bonds. The molecule has 0 saturated heterocycles. The highest BCUT2D eigenvalue weighted by Gasteiger charge is 2.30. The quantitative estimate of drug-likeness (QED) is 0.894. The van der Waals surface area contributed by atoms with Gasteiger partial charge in [-0.05, 0) is 55.4 Å². The third-order valence-corrected chi connectivity index (χ3v) is 4.88. The van der Waals surface area contributed by atoms with Crippen LogP contribution in [0.25, 0.3) is 0 Å². The summed E-state index contributed by atoms with van der Waals surface area (Å²) in [5, 5.41) is 0. The Morgan fingerprint density at radius 1 is 1.05 bits per heavy atom. The number of nitrogens with two attached hydrogens (primary N) is 1. The van der Waals surface area contributed by atoms with E-state index in [9.17, 15) is 0 Å². The van der Waals surface area contributed by atoms with E-state index in [0.717, 1.165) is 11.3 Å². The predicted octanol–water partition coefficient (Wildman–Crippen LogP) is 3.91. The van der Waals surface area contributed by atoms with Crippen LogP contribution in [0.15, 0.2) is 12.1 Å². The average molecular weight is 291 g/mol. The first-order valence-electron chi connectivity index (χ1n) is 8.02. The van der Waals surface area contributed by atoms with Crippen molar-refractivity contribution in [2.45, 2.75) is 58.1 Å². The van der Waals surface area contributed by atoms with Crippen LogP contribution in [0.4, 0.5) is 0 Å². The lowest BCUT2D eigenvalue weighted by Gasteiger charge is -2.34. The maximum absolute atomic E-state index is 6.58. The van der Waals surface area contributed by atoms with E-state index in [0.29, 0.717) is 5.92 Å². The van der Waals surface area contributed by atoms with Gasteiger partial charge in [-0.1, -0.05) is 25.3 Å². The summed E-state index contributed by atoms with van der Waals surface area (Å²) in [7, 11) is 3.51. The van der Waals surface area contributed by atoms with Gasteiger partial charge in [0.15, 0.2) is 0 Å². The van der Waals surface area contributed by atoms with Crippen molar-refractivity contribution in [3.05, 3.63) is 28.8 Å². The Bertz CT molecular complexity index is 467. The smallest absolute Gasteiger partial charge is 0.122 e. The van der Waals surface area contributed by atoms with Crippen LogP contribution in [0, 0.1) is 19.8 Å². The van der Waals surface area contributed by atoms with E-state index in [1.165, 1.54) is 43.2 Å². The zero-order valence-electron chi connectivity index (χ0n) is 13.8. The van der Waals surface area contributed by atoms with Gasteiger partial charge in [0.1, 0.15) is 5.75 Å². The lowest BCUT2D eigenvalue weighted by Crippen LogP contribution is -2.36. The average Bonchev–Trinajstić information content (AvgIpc) is 2.50. The molecule has 0 spiro atoms. The van der Waals surface area contributed by atoms with Crippen molar-refractivity contribution >= 4 is 0 Å². The normalized spacial score (nSPS) is 19.3. The molecule has 0 aliphatic heterocycles. The summed E-state index contributed by atoms with van der Waals surface area (Å²) in [6.07, 6.45) is 6.54. The van der Waals surface area contributed by atoms with Crippen LogP contribution < -0.4 is 10.5 Å². The molecule has 21 heavy (non-hydrogen) atoms. The van der Waals surface area contributed by atoms with Crippen molar-refractivity contribution in [1.29, 1.82) is 0 Å². The van der Waals surface area contributed by atoms with E-state index in [2.05, 4.69) is 26.0 Å². The Hall–Kier alpha value is -1.06.